The van der Waals surface area contributed by atoms with Crippen molar-refractivity contribution in [2.24, 2.45) is 12.8 Å². The van der Waals surface area contributed by atoms with Crippen LogP contribution in [0.3, 0.4) is 0 Å². The lowest BCUT2D eigenvalue weighted by Gasteiger charge is -2.08. The number of hydrogen-bond donors (Lipinski definition) is 1. The fraction of sp³-hybridized carbons (Fsp3) is 0.364. The number of nitrogens with zero attached hydrogens (tertiary/aromatic N) is 4. The monoisotopic (exact) mass is 327 g/mol. The Bertz CT molecular complexity index is 498. The Balaban J connectivity index is 1.81. The molecule has 2 aromatic rings. The van der Waals surface area contributed by atoms with Crippen molar-refractivity contribution in [3.63, 3.8) is 0 Å². The van der Waals surface area contributed by atoms with Crippen LogP contribution in [-0.4, -0.2) is 32.0 Å². The van der Waals surface area contributed by atoms with Gasteiger partial charge in [-0.2, -0.15) is 4.80 Å². The summed E-state index contributed by atoms with van der Waals surface area (Å²) in [7, 11) is 1.75. The van der Waals surface area contributed by atoms with Crippen molar-refractivity contribution >= 4 is 27.7 Å². The van der Waals surface area contributed by atoms with Crippen molar-refractivity contribution < 1.29 is 0 Å². The van der Waals surface area contributed by atoms with E-state index in [0.717, 1.165) is 10.2 Å². The van der Waals surface area contributed by atoms with Gasteiger partial charge in [-0.05, 0) is 29.5 Å². The summed E-state index contributed by atoms with van der Waals surface area (Å²) in [5.41, 5.74) is 6.05. The molecule has 1 heterocycles. The molecule has 0 radical (unpaired) electrons. The first-order valence-electron chi connectivity index (χ1n) is 5.50. The molecule has 0 saturated heterocycles. The van der Waals surface area contributed by atoms with E-state index in [4.69, 9.17) is 5.73 Å². The van der Waals surface area contributed by atoms with E-state index in [9.17, 15) is 0 Å². The summed E-state index contributed by atoms with van der Waals surface area (Å²) >= 11 is 5.15. The van der Waals surface area contributed by atoms with E-state index in [1.54, 1.807) is 18.8 Å². The third-order valence-electron chi connectivity index (χ3n) is 2.27. The Hall–Kier alpha value is -0.920. The molecule has 0 aliphatic heterocycles. The second-order valence-electron chi connectivity index (χ2n) is 3.92. The summed E-state index contributed by atoms with van der Waals surface area (Å²) in [5, 5.41) is 11.8. The molecule has 2 N–H and O–H groups in total. The number of hydrogen-bond acceptors (Lipinski definition) is 5. The minimum Gasteiger partial charge on any atom is -0.327 e. The molecule has 0 saturated carbocycles. The van der Waals surface area contributed by atoms with Gasteiger partial charge in [0.15, 0.2) is 5.82 Å². The third kappa shape index (κ3) is 4.08. The molecule has 0 bridgehead atoms. The normalized spacial score (nSPS) is 12.6. The van der Waals surface area contributed by atoms with Gasteiger partial charge >= 0.3 is 0 Å². The van der Waals surface area contributed by atoms with Gasteiger partial charge < -0.3 is 5.73 Å². The van der Waals surface area contributed by atoms with Gasteiger partial charge in [0, 0.05) is 27.6 Å². The summed E-state index contributed by atoms with van der Waals surface area (Å²) in [6, 6.07) is 8.23. The van der Waals surface area contributed by atoms with Gasteiger partial charge in [-0.3, -0.25) is 0 Å². The van der Waals surface area contributed by atoms with E-state index in [1.807, 2.05) is 12.1 Å². The van der Waals surface area contributed by atoms with Crippen molar-refractivity contribution in [2.45, 2.75) is 17.4 Å². The molecule has 5 nitrogen and oxygen atoms in total. The molecule has 2 rings (SSSR count). The highest BCUT2D eigenvalue weighted by molar-refractivity contribution is 9.10. The molecule has 18 heavy (non-hydrogen) atoms. The zero-order chi connectivity index (χ0) is 13.0. The van der Waals surface area contributed by atoms with E-state index in [1.165, 1.54) is 9.69 Å². The molecule has 0 spiro atoms. The van der Waals surface area contributed by atoms with Crippen molar-refractivity contribution in [3.8, 4) is 0 Å². The lowest BCUT2D eigenvalue weighted by atomic mass is 10.2. The minimum atomic E-state index is 0.0304. The van der Waals surface area contributed by atoms with Gasteiger partial charge in [-0.25, -0.2) is 0 Å². The summed E-state index contributed by atoms with van der Waals surface area (Å²) in [5.74, 6) is 1.53. The maximum absolute atomic E-state index is 6.05. The number of aromatic nitrogens is 4. The standard InChI is InChI=1S/C11H14BrN5S/c1-17-15-11(14-16-17)6-9(13)7-18-10-4-2-8(12)3-5-10/h2-5,9H,6-7,13H2,1H3. The maximum atomic E-state index is 6.05. The zero-order valence-electron chi connectivity index (χ0n) is 9.95. The molecular weight excluding hydrogens is 314 g/mol. The van der Waals surface area contributed by atoms with Crippen molar-refractivity contribution in [2.75, 3.05) is 5.75 Å². The predicted molar refractivity (Wildman–Crippen MR) is 75.3 cm³/mol. The SMILES string of the molecule is Cn1nnc(CC(N)CSc2ccc(Br)cc2)n1. The largest absolute Gasteiger partial charge is 0.327 e. The Morgan fingerprint density at radius 3 is 2.72 bits per heavy atom. The van der Waals surface area contributed by atoms with Gasteiger partial charge in [0.05, 0.1) is 7.05 Å². The Morgan fingerprint density at radius 2 is 2.11 bits per heavy atom. The molecule has 1 aromatic heterocycles. The molecular formula is C11H14BrN5S. The maximum Gasteiger partial charge on any atom is 0.176 e. The Morgan fingerprint density at radius 1 is 1.39 bits per heavy atom. The Kier molecular flexibility index (Phi) is 4.73. The van der Waals surface area contributed by atoms with Crippen LogP contribution in [0.2, 0.25) is 0 Å². The lowest BCUT2D eigenvalue weighted by molar-refractivity contribution is 0.624. The van der Waals surface area contributed by atoms with Crippen molar-refractivity contribution in [3.05, 3.63) is 34.6 Å². The summed E-state index contributed by atoms with van der Waals surface area (Å²) in [6.45, 7) is 0. The number of thioether (sulfide) groups is 1. The van der Waals surface area contributed by atoms with Crippen LogP contribution in [0.4, 0.5) is 0 Å². The molecule has 0 fully saturated rings. The summed E-state index contributed by atoms with van der Waals surface area (Å²) < 4.78 is 1.08. The average molecular weight is 328 g/mol. The summed E-state index contributed by atoms with van der Waals surface area (Å²) in [4.78, 5) is 2.66. The van der Waals surface area contributed by atoms with Crippen molar-refractivity contribution in [1.29, 1.82) is 0 Å². The topological polar surface area (TPSA) is 69.6 Å². The lowest BCUT2D eigenvalue weighted by Crippen LogP contribution is -2.26. The first-order chi connectivity index (χ1) is 8.63. The van der Waals surface area contributed by atoms with E-state index in [2.05, 4.69) is 43.5 Å². The molecule has 7 heteroatoms. The quantitative estimate of drug-likeness (QED) is 0.845. The third-order valence-corrected chi connectivity index (χ3v) is 4.00. The van der Waals surface area contributed by atoms with Crippen LogP contribution in [-0.2, 0) is 13.5 Å². The Labute approximate surface area is 118 Å². The first kappa shape index (κ1) is 13.5. The van der Waals surface area contributed by atoms with Crippen LogP contribution >= 0.6 is 27.7 Å². The van der Waals surface area contributed by atoms with Gasteiger partial charge in [-0.1, -0.05) is 15.9 Å². The van der Waals surface area contributed by atoms with Crippen LogP contribution in [0.15, 0.2) is 33.6 Å². The van der Waals surface area contributed by atoms with Gasteiger partial charge in [0.25, 0.3) is 0 Å². The van der Waals surface area contributed by atoms with Crippen LogP contribution in [0.25, 0.3) is 0 Å². The highest BCUT2D eigenvalue weighted by Crippen LogP contribution is 2.21. The highest BCUT2D eigenvalue weighted by Gasteiger charge is 2.09. The molecule has 96 valence electrons. The van der Waals surface area contributed by atoms with Gasteiger partial charge in [-0.15, -0.1) is 22.0 Å². The second kappa shape index (κ2) is 6.31. The molecule has 1 atom stereocenters. The summed E-state index contributed by atoms with van der Waals surface area (Å²) in [6.07, 6.45) is 0.650. The number of tetrazole rings is 1. The predicted octanol–water partition coefficient (Wildman–Crippen LogP) is 1.63. The molecule has 0 amide bonds. The van der Waals surface area contributed by atoms with Crippen molar-refractivity contribution in [1.82, 2.24) is 20.2 Å². The van der Waals surface area contributed by atoms with E-state index in [-0.39, 0.29) is 6.04 Å². The second-order valence-corrected chi connectivity index (χ2v) is 5.93. The van der Waals surface area contributed by atoms with Crippen LogP contribution < -0.4 is 5.73 Å². The fourth-order valence-electron chi connectivity index (χ4n) is 1.43. The highest BCUT2D eigenvalue weighted by atomic mass is 79.9. The van der Waals surface area contributed by atoms with Crippen LogP contribution in [0.1, 0.15) is 5.82 Å². The molecule has 1 aromatic carbocycles. The number of rotatable bonds is 5. The first-order valence-corrected chi connectivity index (χ1v) is 7.28. The van der Waals surface area contributed by atoms with E-state index < -0.39 is 0 Å². The van der Waals surface area contributed by atoms with E-state index >= 15 is 0 Å². The number of aryl methyl sites for hydroxylation is 1. The van der Waals surface area contributed by atoms with Gasteiger partial charge in [0.1, 0.15) is 0 Å². The molecule has 0 aliphatic rings. The fourth-order valence-corrected chi connectivity index (χ4v) is 2.55. The van der Waals surface area contributed by atoms with Gasteiger partial charge in [0.2, 0.25) is 0 Å². The molecule has 1 unspecified atom stereocenters. The average Bonchev–Trinajstić information content (AvgIpc) is 2.74. The van der Waals surface area contributed by atoms with Crippen LogP contribution in [0, 0.1) is 0 Å². The minimum absolute atomic E-state index is 0.0304. The zero-order valence-corrected chi connectivity index (χ0v) is 12.4. The number of nitrogens with two attached hydrogens (primary N) is 1. The van der Waals surface area contributed by atoms with Crippen LogP contribution in [0.5, 0.6) is 0 Å². The molecule has 0 aliphatic carbocycles. The van der Waals surface area contributed by atoms with E-state index in [0.29, 0.717) is 12.2 Å². The number of halogens is 1. The smallest absolute Gasteiger partial charge is 0.176 e. The number of benzene rings is 1.